The molecule has 0 spiro atoms. The Labute approximate surface area is 282 Å². The highest BCUT2D eigenvalue weighted by molar-refractivity contribution is 7.89. The van der Waals surface area contributed by atoms with E-state index in [9.17, 15) is 36.8 Å². The second kappa shape index (κ2) is 16.6. The van der Waals surface area contributed by atoms with Crippen molar-refractivity contribution in [2.75, 3.05) is 32.8 Å². The predicted octanol–water partition coefficient (Wildman–Crippen LogP) is 2.12. The Kier molecular flexibility index (Phi) is 12.4. The van der Waals surface area contributed by atoms with Gasteiger partial charge in [0.1, 0.15) is 18.1 Å². The maximum Gasteiger partial charge on any atom is 0.322 e. The van der Waals surface area contributed by atoms with Crippen LogP contribution in [0.5, 0.6) is 5.75 Å². The molecule has 258 valence electrons. The lowest BCUT2D eigenvalue weighted by Gasteiger charge is -2.15. The van der Waals surface area contributed by atoms with E-state index < -0.39 is 65.1 Å². The molecular weight excluding hydrogens is 659 g/mol. The average molecular weight is 695 g/mol. The molecule has 0 saturated heterocycles. The number of carboxylic acid groups (broad SMARTS) is 1. The number of nitrogens with one attached hydrogen (secondary N) is 3. The van der Waals surface area contributed by atoms with E-state index in [2.05, 4.69) is 15.4 Å². The summed E-state index contributed by atoms with van der Waals surface area (Å²) in [4.78, 5) is 62.6. The third-order valence-electron chi connectivity index (χ3n) is 7.44. The van der Waals surface area contributed by atoms with Crippen molar-refractivity contribution in [3.8, 4) is 5.75 Å². The topological polar surface area (TPSA) is 188 Å². The molecule has 4 rings (SSSR count). The highest BCUT2D eigenvalue weighted by Crippen LogP contribution is 2.36. The number of nitrogens with zero attached hydrogens (tertiary/aromatic N) is 1. The van der Waals surface area contributed by atoms with Crippen LogP contribution in [0.3, 0.4) is 0 Å². The molecule has 3 aromatic carbocycles. The molecule has 1 aliphatic rings. The van der Waals surface area contributed by atoms with Crippen LogP contribution in [-0.4, -0.2) is 80.8 Å². The van der Waals surface area contributed by atoms with Crippen LogP contribution >= 0.6 is 0 Å². The maximum atomic E-state index is 13.7. The number of benzene rings is 3. The van der Waals surface area contributed by atoms with Gasteiger partial charge in [-0.15, -0.1) is 0 Å². The summed E-state index contributed by atoms with van der Waals surface area (Å²) in [6.45, 7) is 0.604. The van der Waals surface area contributed by atoms with Crippen molar-refractivity contribution in [2.24, 2.45) is 0 Å². The zero-order valence-corrected chi connectivity index (χ0v) is 27.3. The number of carboxylic acids is 1. The van der Waals surface area contributed by atoms with Gasteiger partial charge in [0.15, 0.2) is 6.61 Å². The normalized spacial score (nSPS) is 13.1. The van der Waals surface area contributed by atoms with Gasteiger partial charge in [0, 0.05) is 13.1 Å². The Morgan fingerprint density at radius 1 is 0.796 bits per heavy atom. The molecular formula is C34H35FN4O9S. The fraction of sp³-hybridized carbons (Fsp3) is 0.265. The Bertz CT molecular complexity index is 1840. The number of imide groups is 1. The average Bonchev–Trinajstić information content (AvgIpc) is 3.34. The lowest BCUT2D eigenvalue weighted by molar-refractivity contribution is -0.138. The second-order valence-electron chi connectivity index (χ2n) is 10.9. The summed E-state index contributed by atoms with van der Waals surface area (Å²) in [5.41, 5.74) is 1.88. The monoisotopic (exact) mass is 694 g/mol. The summed E-state index contributed by atoms with van der Waals surface area (Å²) in [5.74, 6) is -3.97. The van der Waals surface area contributed by atoms with Crippen LogP contribution in [0.4, 0.5) is 4.39 Å². The fourth-order valence-electron chi connectivity index (χ4n) is 4.85. The van der Waals surface area contributed by atoms with Crippen molar-refractivity contribution < 1.29 is 46.6 Å². The van der Waals surface area contributed by atoms with Crippen LogP contribution in [0.2, 0.25) is 0 Å². The Morgan fingerprint density at radius 3 is 1.94 bits per heavy atom. The highest BCUT2D eigenvalue weighted by atomic mass is 32.2. The number of rotatable bonds is 17. The summed E-state index contributed by atoms with van der Waals surface area (Å²) in [5, 5.41) is 13.0. The second-order valence-corrected chi connectivity index (χ2v) is 12.6. The number of ether oxygens (including phenoxy) is 1. The van der Waals surface area contributed by atoms with E-state index in [-0.39, 0.29) is 34.9 Å². The molecule has 4 amide bonds. The largest absolute Gasteiger partial charge is 0.484 e. The molecule has 0 aromatic heterocycles. The fourth-order valence-corrected chi connectivity index (χ4v) is 5.93. The smallest absolute Gasteiger partial charge is 0.322 e. The van der Waals surface area contributed by atoms with E-state index in [4.69, 9.17) is 9.84 Å². The minimum atomic E-state index is -3.73. The van der Waals surface area contributed by atoms with E-state index in [0.29, 0.717) is 24.0 Å². The van der Waals surface area contributed by atoms with Crippen molar-refractivity contribution in [3.05, 3.63) is 95.3 Å². The van der Waals surface area contributed by atoms with Crippen LogP contribution in [-0.2, 0) is 40.4 Å². The lowest BCUT2D eigenvalue weighted by Crippen LogP contribution is -2.40. The van der Waals surface area contributed by atoms with Crippen molar-refractivity contribution >= 4 is 50.8 Å². The highest BCUT2D eigenvalue weighted by Gasteiger charge is 2.39. The summed E-state index contributed by atoms with van der Waals surface area (Å²) in [6.07, 6.45) is 1.44. The number of hydrogen-bond acceptors (Lipinski definition) is 8. The number of aryl methyl sites for hydroxylation is 1. The Balaban J connectivity index is 1.39. The Hall–Kier alpha value is -5.41. The van der Waals surface area contributed by atoms with Gasteiger partial charge in [-0.3, -0.25) is 28.9 Å². The van der Waals surface area contributed by atoms with Crippen molar-refractivity contribution in [3.63, 3.8) is 0 Å². The maximum absolute atomic E-state index is 13.7. The minimum Gasteiger partial charge on any atom is -0.484 e. The molecule has 1 aliphatic heterocycles. The van der Waals surface area contributed by atoms with E-state index >= 15 is 0 Å². The summed E-state index contributed by atoms with van der Waals surface area (Å²) in [7, 11) is -3.73. The van der Waals surface area contributed by atoms with Crippen LogP contribution in [0, 0.1) is 5.82 Å². The number of carbonyl (C=O) groups is 5. The van der Waals surface area contributed by atoms with Gasteiger partial charge in [0.05, 0.1) is 22.6 Å². The van der Waals surface area contributed by atoms with Gasteiger partial charge in [0.2, 0.25) is 15.9 Å². The zero-order valence-electron chi connectivity index (χ0n) is 26.5. The molecule has 4 N–H and O–H groups in total. The number of carbonyl (C=O) groups excluding carboxylic acids is 4. The summed E-state index contributed by atoms with van der Waals surface area (Å²) >= 11 is 0. The molecule has 15 heteroatoms. The van der Waals surface area contributed by atoms with Gasteiger partial charge in [-0.1, -0.05) is 43.3 Å². The Morgan fingerprint density at radius 2 is 1.37 bits per heavy atom. The molecule has 0 saturated carbocycles. The van der Waals surface area contributed by atoms with Gasteiger partial charge >= 0.3 is 5.97 Å². The molecule has 49 heavy (non-hydrogen) atoms. The van der Waals surface area contributed by atoms with Gasteiger partial charge in [-0.05, 0) is 72.4 Å². The molecule has 13 nitrogen and oxygen atoms in total. The molecule has 3 aromatic rings. The third kappa shape index (κ3) is 9.81. The molecule has 0 atom stereocenters. The van der Waals surface area contributed by atoms with Crippen molar-refractivity contribution in [1.82, 2.24) is 20.3 Å². The first-order valence-corrected chi connectivity index (χ1v) is 16.8. The minimum absolute atomic E-state index is 0.0173. The van der Waals surface area contributed by atoms with E-state index in [1.54, 1.807) is 24.3 Å². The zero-order chi connectivity index (χ0) is 35.6. The quantitative estimate of drug-likeness (QED) is 0.121. The molecule has 0 unspecified atom stereocenters. The number of amides is 4. The first-order chi connectivity index (χ1) is 23.4. The third-order valence-corrected chi connectivity index (χ3v) is 8.92. The van der Waals surface area contributed by atoms with Crippen LogP contribution in [0.25, 0.3) is 11.1 Å². The van der Waals surface area contributed by atoms with Crippen molar-refractivity contribution in [1.29, 1.82) is 0 Å². The first kappa shape index (κ1) is 36.4. The number of unbranched alkanes of at least 4 members (excludes halogenated alkanes) is 1. The molecule has 0 radical (unpaired) electrons. The molecule has 0 bridgehead atoms. The summed E-state index contributed by atoms with van der Waals surface area (Å²) < 4.78 is 47.0. The number of sulfonamides is 1. The molecule has 0 fully saturated rings. The summed E-state index contributed by atoms with van der Waals surface area (Å²) in [6, 6.07) is 17.8. The van der Waals surface area contributed by atoms with Gasteiger partial charge in [0.25, 0.3) is 17.7 Å². The van der Waals surface area contributed by atoms with Gasteiger partial charge in [-0.2, -0.15) is 0 Å². The van der Waals surface area contributed by atoms with Crippen LogP contribution in [0.1, 0.15) is 36.5 Å². The SMILES string of the molecule is CCc1ccc(S(=O)(=O)NCCCCN2C(=O)C(c3ccc(F)cc3)=C(c3ccc(OCC(=O)NCC(=O)NCC(=O)O)cc3)C2=O)cc1. The van der Waals surface area contributed by atoms with E-state index in [1.165, 1.54) is 48.5 Å². The number of halogens is 1. The molecule has 0 aliphatic carbocycles. The number of hydrogen-bond donors (Lipinski definition) is 4. The number of aliphatic carboxylic acids is 1. The predicted molar refractivity (Wildman–Crippen MR) is 176 cm³/mol. The van der Waals surface area contributed by atoms with Gasteiger partial charge < -0.3 is 20.5 Å². The van der Waals surface area contributed by atoms with Gasteiger partial charge in [-0.25, -0.2) is 17.5 Å². The van der Waals surface area contributed by atoms with Crippen LogP contribution < -0.4 is 20.1 Å². The van der Waals surface area contributed by atoms with Crippen molar-refractivity contribution in [2.45, 2.75) is 31.1 Å². The van der Waals surface area contributed by atoms with E-state index in [0.717, 1.165) is 16.9 Å². The first-order valence-electron chi connectivity index (χ1n) is 15.3. The lowest BCUT2D eigenvalue weighted by atomic mass is 9.96. The van der Waals surface area contributed by atoms with Crippen LogP contribution in [0.15, 0.2) is 77.7 Å². The molecule has 1 heterocycles. The van der Waals surface area contributed by atoms with E-state index in [1.807, 2.05) is 6.92 Å². The standard InChI is InChI=1S/C34H35FN4O9S/c1-2-22-5-15-27(16-6-22)49(46,47)38-17-3-4-18-39-33(44)31(23-7-11-25(35)12-8-23)32(34(39)45)24-9-13-26(14-10-24)48-21-29(41)36-19-28(40)37-20-30(42)43/h5-16,38H,2-4,17-21H2,1H3,(H,36,41)(H,37,40)(H,42,43).